The molecule has 2 aromatic carbocycles. The molecule has 2 aromatic rings. The summed E-state index contributed by atoms with van der Waals surface area (Å²) < 4.78 is 25.8. The summed E-state index contributed by atoms with van der Waals surface area (Å²) in [6.45, 7) is 7.38. The molecular formula is C19H24N2O3S. The highest BCUT2D eigenvalue weighted by Gasteiger charge is 2.29. The van der Waals surface area contributed by atoms with E-state index in [1.807, 2.05) is 45.0 Å². The van der Waals surface area contributed by atoms with Crippen molar-refractivity contribution < 1.29 is 13.2 Å². The molecule has 0 bridgehead atoms. The fourth-order valence-electron chi connectivity index (χ4n) is 2.64. The monoisotopic (exact) mass is 360 g/mol. The normalized spacial score (nSPS) is 12.5. The lowest BCUT2D eigenvalue weighted by molar-refractivity contribution is -0.116. The number of nitrogens with one attached hydrogen (secondary N) is 1. The van der Waals surface area contributed by atoms with Gasteiger partial charge in [0, 0.05) is 5.69 Å². The Morgan fingerprint density at radius 1 is 1.04 bits per heavy atom. The Kier molecular flexibility index (Phi) is 5.52. The number of amides is 1. The molecule has 1 N–H and O–H groups in total. The molecule has 5 nitrogen and oxygen atoms in total. The van der Waals surface area contributed by atoms with Crippen LogP contribution in [-0.4, -0.2) is 26.6 Å². The molecule has 0 aliphatic rings. The number of benzene rings is 2. The number of nitrogens with zero attached hydrogens (tertiary/aromatic N) is 1. The van der Waals surface area contributed by atoms with Gasteiger partial charge in [-0.2, -0.15) is 0 Å². The number of sulfonamides is 1. The van der Waals surface area contributed by atoms with Gasteiger partial charge >= 0.3 is 0 Å². The first-order valence-corrected chi connectivity index (χ1v) is 9.88. The molecule has 6 heteroatoms. The first-order chi connectivity index (χ1) is 11.6. The number of hydrogen-bond acceptors (Lipinski definition) is 3. The number of aryl methyl sites for hydroxylation is 3. The van der Waals surface area contributed by atoms with E-state index in [2.05, 4.69) is 5.32 Å². The van der Waals surface area contributed by atoms with Crippen molar-refractivity contribution >= 4 is 27.3 Å². The molecule has 0 aliphatic carbocycles. The standard InChI is InChI=1S/C19H24N2O3S/c1-13-7-6-8-17(11-13)20-19(22)16(4)21(25(5,23)24)18-10-9-14(2)15(3)12-18/h6-12,16H,1-5H3,(H,20,22)/t16-/m1/s1. The average molecular weight is 360 g/mol. The predicted octanol–water partition coefficient (Wildman–Crippen LogP) is 3.41. The van der Waals surface area contributed by atoms with Crippen LogP contribution in [-0.2, 0) is 14.8 Å². The fourth-order valence-corrected chi connectivity index (χ4v) is 3.81. The number of rotatable bonds is 5. The molecule has 1 atom stereocenters. The first-order valence-electron chi connectivity index (χ1n) is 8.04. The maximum Gasteiger partial charge on any atom is 0.247 e. The molecule has 0 radical (unpaired) electrons. The Morgan fingerprint density at radius 3 is 2.28 bits per heavy atom. The van der Waals surface area contributed by atoms with Crippen molar-refractivity contribution in [3.63, 3.8) is 0 Å². The van der Waals surface area contributed by atoms with Gasteiger partial charge in [-0.3, -0.25) is 9.10 Å². The third-order valence-corrected chi connectivity index (χ3v) is 5.36. The Labute approximate surface area is 149 Å². The van der Waals surface area contributed by atoms with E-state index in [0.717, 1.165) is 27.3 Å². The van der Waals surface area contributed by atoms with E-state index >= 15 is 0 Å². The summed E-state index contributed by atoms with van der Waals surface area (Å²) in [6, 6.07) is 11.9. The largest absolute Gasteiger partial charge is 0.324 e. The summed E-state index contributed by atoms with van der Waals surface area (Å²) in [4.78, 5) is 12.6. The Morgan fingerprint density at radius 2 is 1.72 bits per heavy atom. The second-order valence-electron chi connectivity index (χ2n) is 6.36. The molecule has 0 unspecified atom stereocenters. The number of carbonyl (C=O) groups excluding carboxylic acids is 1. The molecule has 0 fully saturated rings. The average Bonchev–Trinajstić information content (AvgIpc) is 2.49. The van der Waals surface area contributed by atoms with Gasteiger partial charge in [-0.25, -0.2) is 8.42 Å². The molecule has 25 heavy (non-hydrogen) atoms. The summed E-state index contributed by atoms with van der Waals surface area (Å²) in [7, 11) is -3.62. The molecule has 2 rings (SSSR count). The van der Waals surface area contributed by atoms with Gasteiger partial charge in [-0.1, -0.05) is 18.2 Å². The van der Waals surface area contributed by atoms with E-state index in [0.29, 0.717) is 11.4 Å². The zero-order chi connectivity index (χ0) is 18.8. The summed E-state index contributed by atoms with van der Waals surface area (Å²) in [5, 5.41) is 2.79. The summed E-state index contributed by atoms with van der Waals surface area (Å²) in [6.07, 6.45) is 1.11. The molecule has 134 valence electrons. The van der Waals surface area contributed by atoms with Crippen LogP contribution in [0.1, 0.15) is 23.6 Å². The lowest BCUT2D eigenvalue weighted by Gasteiger charge is -2.28. The van der Waals surface area contributed by atoms with E-state index in [-0.39, 0.29) is 5.91 Å². The second kappa shape index (κ2) is 7.27. The van der Waals surface area contributed by atoms with Crippen molar-refractivity contribution in [1.82, 2.24) is 0 Å². The quantitative estimate of drug-likeness (QED) is 0.888. The Bertz CT molecular complexity index is 891. The third kappa shape index (κ3) is 4.60. The molecule has 1 amide bonds. The van der Waals surface area contributed by atoms with Gasteiger partial charge in [0.2, 0.25) is 15.9 Å². The van der Waals surface area contributed by atoms with Gasteiger partial charge in [0.05, 0.1) is 11.9 Å². The molecule has 0 heterocycles. The molecule has 0 aliphatic heterocycles. The Hall–Kier alpha value is -2.34. The van der Waals surface area contributed by atoms with Crippen LogP contribution >= 0.6 is 0 Å². The first kappa shape index (κ1) is 19.0. The van der Waals surface area contributed by atoms with Gasteiger partial charge in [-0.15, -0.1) is 0 Å². The summed E-state index contributed by atoms with van der Waals surface area (Å²) in [5.41, 5.74) is 4.17. The summed E-state index contributed by atoms with van der Waals surface area (Å²) in [5.74, 6) is -0.380. The number of hydrogen-bond donors (Lipinski definition) is 1. The van der Waals surface area contributed by atoms with E-state index < -0.39 is 16.1 Å². The second-order valence-corrected chi connectivity index (χ2v) is 8.22. The van der Waals surface area contributed by atoms with Crippen molar-refractivity contribution in [2.75, 3.05) is 15.9 Å². The molecular weight excluding hydrogens is 336 g/mol. The lowest BCUT2D eigenvalue weighted by Crippen LogP contribution is -2.45. The van der Waals surface area contributed by atoms with Crippen LogP contribution in [0.2, 0.25) is 0 Å². The lowest BCUT2D eigenvalue weighted by atomic mass is 10.1. The van der Waals surface area contributed by atoms with Gasteiger partial charge in [0.1, 0.15) is 6.04 Å². The smallest absolute Gasteiger partial charge is 0.247 e. The minimum absolute atomic E-state index is 0.380. The van der Waals surface area contributed by atoms with E-state index in [4.69, 9.17) is 0 Å². The predicted molar refractivity (Wildman–Crippen MR) is 103 cm³/mol. The maximum absolute atomic E-state index is 12.6. The van der Waals surface area contributed by atoms with Crippen molar-refractivity contribution in [3.05, 3.63) is 59.2 Å². The van der Waals surface area contributed by atoms with Crippen molar-refractivity contribution in [2.24, 2.45) is 0 Å². The zero-order valence-electron chi connectivity index (χ0n) is 15.2. The molecule has 0 saturated carbocycles. The minimum atomic E-state index is -3.62. The Balaban J connectivity index is 2.34. The maximum atomic E-state index is 12.6. The van der Waals surface area contributed by atoms with Crippen LogP contribution in [0.5, 0.6) is 0 Å². The van der Waals surface area contributed by atoms with E-state index in [9.17, 15) is 13.2 Å². The molecule has 0 spiro atoms. The number of carbonyl (C=O) groups is 1. The SMILES string of the molecule is Cc1cccc(NC(=O)[C@@H](C)N(c2ccc(C)c(C)c2)S(C)(=O)=O)c1. The van der Waals surface area contributed by atoms with Gasteiger partial charge in [-0.05, 0) is 68.7 Å². The fraction of sp³-hybridized carbons (Fsp3) is 0.316. The van der Waals surface area contributed by atoms with Crippen LogP contribution in [0, 0.1) is 20.8 Å². The van der Waals surface area contributed by atoms with Gasteiger partial charge in [0.25, 0.3) is 0 Å². The molecule has 0 aromatic heterocycles. The van der Waals surface area contributed by atoms with Crippen molar-refractivity contribution in [3.8, 4) is 0 Å². The van der Waals surface area contributed by atoms with Crippen molar-refractivity contribution in [1.29, 1.82) is 0 Å². The van der Waals surface area contributed by atoms with Crippen LogP contribution < -0.4 is 9.62 Å². The van der Waals surface area contributed by atoms with Crippen molar-refractivity contribution in [2.45, 2.75) is 33.7 Å². The van der Waals surface area contributed by atoms with Crippen LogP contribution in [0.4, 0.5) is 11.4 Å². The van der Waals surface area contributed by atoms with E-state index in [1.54, 1.807) is 25.1 Å². The highest BCUT2D eigenvalue weighted by molar-refractivity contribution is 7.92. The highest BCUT2D eigenvalue weighted by atomic mass is 32.2. The van der Waals surface area contributed by atoms with Gasteiger partial charge < -0.3 is 5.32 Å². The minimum Gasteiger partial charge on any atom is -0.324 e. The number of anilines is 2. The highest BCUT2D eigenvalue weighted by Crippen LogP contribution is 2.24. The zero-order valence-corrected chi connectivity index (χ0v) is 16.0. The van der Waals surface area contributed by atoms with E-state index in [1.165, 1.54) is 0 Å². The van der Waals surface area contributed by atoms with Crippen LogP contribution in [0.25, 0.3) is 0 Å². The van der Waals surface area contributed by atoms with Gasteiger partial charge in [0.15, 0.2) is 0 Å². The van der Waals surface area contributed by atoms with Crippen LogP contribution in [0.15, 0.2) is 42.5 Å². The third-order valence-electron chi connectivity index (χ3n) is 4.12. The summed E-state index contributed by atoms with van der Waals surface area (Å²) >= 11 is 0. The topological polar surface area (TPSA) is 66.5 Å². The molecule has 0 saturated heterocycles. The van der Waals surface area contributed by atoms with Crippen LogP contribution in [0.3, 0.4) is 0 Å².